The van der Waals surface area contributed by atoms with Crippen molar-refractivity contribution >= 4 is 44.0 Å². The van der Waals surface area contributed by atoms with Gasteiger partial charge < -0.3 is 0 Å². The summed E-state index contributed by atoms with van der Waals surface area (Å²) in [6.07, 6.45) is 0. The van der Waals surface area contributed by atoms with Gasteiger partial charge in [-0.2, -0.15) is 0 Å². The Labute approximate surface area is 169 Å². The monoisotopic (exact) mass is 414 g/mol. The van der Waals surface area contributed by atoms with Crippen molar-refractivity contribution in [2.24, 2.45) is 0 Å². The smallest absolute Gasteiger partial charge is 0.279 e. The molecule has 10 heteroatoms. The minimum absolute atomic E-state index is 0.0403. The number of amides is 1. The van der Waals surface area contributed by atoms with Crippen molar-refractivity contribution in [3.8, 4) is 0 Å². The second-order valence-electron chi connectivity index (χ2n) is 7.56. The Hall–Kier alpha value is -3.40. The van der Waals surface area contributed by atoms with E-state index in [9.17, 15) is 25.0 Å². The molecule has 0 saturated heterocycles. The van der Waals surface area contributed by atoms with Gasteiger partial charge in [-0.05, 0) is 30.0 Å². The van der Waals surface area contributed by atoms with E-state index >= 15 is 0 Å². The summed E-state index contributed by atoms with van der Waals surface area (Å²) in [6, 6.07) is 7.90. The number of benzene rings is 2. The molecule has 3 rings (SSSR count). The van der Waals surface area contributed by atoms with Crippen LogP contribution in [0.5, 0.6) is 0 Å². The highest BCUT2D eigenvalue weighted by molar-refractivity contribution is 7.22. The number of nitro benzene ring substituents is 2. The lowest BCUT2D eigenvalue weighted by molar-refractivity contribution is -0.395. The molecule has 0 saturated carbocycles. The SMILES string of the molecule is Cc1c([N+](=O)[O-])cc(C(=O)Nc2nc3ccc(C(C)(C)C)cc3s2)cc1[N+](=O)[O-]. The highest BCUT2D eigenvalue weighted by Gasteiger charge is 2.26. The molecule has 0 radical (unpaired) electrons. The van der Waals surface area contributed by atoms with Crippen LogP contribution in [0, 0.1) is 27.2 Å². The molecule has 3 aromatic rings. The predicted octanol–water partition coefficient (Wildman–Crippen LogP) is 4.97. The Morgan fingerprint density at radius 3 is 2.17 bits per heavy atom. The van der Waals surface area contributed by atoms with Gasteiger partial charge in [0.1, 0.15) is 5.56 Å². The van der Waals surface area contributed by atoms with Gasteiger partial charge in [0.2, 0.25) is 0 Å². The van der Waals surface area contributed by atoms with Gasteiger partial charge >= 0.3 is 0 Å². The quantitative estimate of drug-likeness (QED) is 0.474. The number of nitrogens with one attached hydrogen (secondary N) is 1. The van der Waals surface area contributed by atoms with E-state index in [0.29, 0.717) is 10.6 Å². The largest absolute Gasteiger partial charge is 0.298 e. The minimum Gasteiger partial charge on any atom is -0.298 e. The minimum atomic E-state index is -0.745. The highest BCUT2D eigenvalue weighted by Crippen LogP contribution is 2.33. The number of carbonyl (C=O) groups excluding carboxylic acids is 1. The van der Waals surface area contributed by atoms with E-state index in [4.69, 9.17) is 0 Å². The Balaban J connectivity index is 1.96. The summed E-state index contributed by atoms with van der Waals surface area (Å²) in [4.78, 5) is 37.9. The standard InChI is InChI=1S/C19H18N4O5S/c1-10-14(22(25)26)7-11(8-15(10)23(27)28)17(24)21-18-20-13-6-5-12(19(2,3)4)9-16(13)29-18/h5-9H,1-4H3,(H,20,21,24). The Morgan fingerprint density at radius 1 is 1.07 bits per heavy atom. The number of fused-ring (bicyclic) bond motifs is 1. The fourth-order valence-corrected chi connectivity index (χ4v) is 3.71. The fourth-order valence-electron chi connectivity index (χ4n) is 2.81. The Morgan fingerprint density at radius 2 is 1.66 bits per heavy atom. The first-order valence-electron chi connectivity index (χ1n) is 8.63. The zero-order valence-corrected chi connectivity index (χ0v) is 17.0. The summed E-state index contributed by atoms with van der Waals surface area (Å²) in [5.41, 5.74) is 0.541. The number of thiazole rings is 1. The summed E-state index contributed by atoms with van der Waals surface area (Å²) in [6.45, 7) is 7.55. The molecular weight excluding hydrogens is 396 g/mol. The van der Waals surface area contributed by atoms with Crippen LogP contribution in [0.2, 0.25) is 0 Å². The van der Waals surface area contributed by atoms with Gasteiger partial charge in [0, 0.05) is 12.1 Å². The second kappa shape index (κ2) is 7.21. The zero-order valence-electron chi connectivity index (χ0n) is 16.2. The molecule has 2 aromatic carbocycles. The summed E-state index contributed by atoms with van der Waals surface area (Å²) < 4.78 is 0.883. The van der Waals surface area contributed by atoms with E-state index in [-0.39, 0.29) is 16.5 Å². The highest BCUT2D eigenvalue weighted by atomic mass is 32.1. The van der Waals surface area contributed by atoms with Crippen LogP contribution in [-0.2, 0) is 5.41 Å². The predicted molar refractivity (Wildman–Crippen MR) is 111 cm³/mol. The molecule has 0 bridgehead atoms. The van der Waals surface area contributed by atoms with Crippen LogP contribution in [0.15, 0.2) is 30.3 Å². The van der Waals surface area contributed by atoms with Gasteiger partial charge in [-0.15, -0.1) is 0 Å². The van der Waals surface area contributed by atoms with E-state index < -0.39 is 27.1 Å². The van der Waals surface area contributed by atoms with Gasteiger partial charge in [0.25, 0.3) is 17.3 Å². The van der Waals surface area contributed by atoms with Crippen molar-refractivity contribution in [2.45, 2.75) is 33.1 Å². The molecule has 9 nitrogen and oxygen atoms in total. The number of nitrogens with zero attached hydrogens (tertiary/aromatic N) is 3. The van der Waals surface area contributed by atoms with Gasteiger partial charge in [-0.1, -0.05) is 38.2 Å². The first kappa shape index (κ1) is 20.3. The first-order chi connectivity index (χ1) is 13.5. The number of anilines is 1. The van der Waals surface area contributed by atoms with Gasteiger partial charge in [-0.3, -0.25) is 30.3 Å². The van der Waals surface area contributed by atoms with Crippen LogP contribution in [-0.4, -0.2) is 20.7 Å². The molecular formula is C19H18N4O5S. The normalized spacial score (nSPS) is 11.4. The van der Waals surface area contributed by atoms with Crippen molar-refractivity contribution in [3.05, 3.63) is 67.3 Å². The molecule has 0 aliphatic heterocycles. The molecule has 1 amide bonds. The third kappa shape index (κ3) is 4.06. The van der Waals surface area contributed by atoms with Crippen LogP contribution in [0.1, 0.15) is 42.3 Å². The average molecular weight is 414 g/mol. The third-order valence-electron chi connectivity index (χ3n) is 4.48. The van der Waals surface area contributed by atoms with E-state index in [1.807, 2.05) is 18.2 Å². The van der Waals surface area contributed by atoms with Gasteiger partial charge in [0.05, 0.1) is 25.6 Å². The lowest BCUT2D eigenvalue weighted by Gasteiger charge is -2.18. The molecule has 1 heterocycles. The molecule has 0 spiro atoms. The lowest BCUT2D eigenvalue weighted by atomic mass is 9.87. The molecule has 0 aliphatic carbocycles. The number of aromatic nitrogens is 1. The van der Waals surface area contributed by atoms with E-state index in [2.05, 4.69) is 31.1 Å². The molecule has 0 unspecified atom stereocenters. The number of rotatable bonds is 4. The summed E-state index contributed by atoms with van der Waals surface area (Å²) in [7, 11) is 0. The van der Waals surface area contributed by atoms with Crippen molar-refractivity contribution in [2.75, 3.05) is 5.32 Å². The molecule has 0 atom stereocenters. The van der Waals surface area contributed by atoms with Crippen molar-refractivity contribution in [1.82, 2.24) is 4.98 Å². The van der Waals surface area contributed by atoms with E-state index in [1.165, 1.54) is 18.3 Å². The van der Waals surface area contributed by atoms with E-state index in [1.54, 1.807) is 0 Å². The van der Waals surface area contributed by atoms with Gasteiger partial charge in [-0.25, -0.2) is 4.98 Å². The van der Waals surface area contributed by atoms with E-state index in [0.717, 1.165) is 22.4 Å². The van der Waals surface area contributed by atoms with Crippen LogP contribution in [0.25, 0.3) is 10.2 Å². The molecule has 1 N–H and O–H groups in total. The molecule has 0 aliphatic rings. The number of carbonyl (C=O) groups is 1. The van der Waals surface area contributed by atoms with Gasteiger partial charge in [0.15, 0.2) is 5.13 Å². The van der Waals surface area contributed by atoms with Crippen LogP contribution < -0.4 is 5.32 Å². The zero-order chi connectivity index (χ0) is 21.5. The number of hydrogen-bond acceptors (Lipinski definition) is 7. The molecule has 29 heavy (non-hydrogen) atoms. The Bertz CT molecular complexity index is 1130. The fraction of sp³-hybridized carbons (Fsp3) is 0.263. The lowest BCUT2D eigenvalue weighted by Crippen LogP contribution is -2.13. The maximum atomic E-state index is 12.6. The summed E-state index contributed by atoms with van der Waals surface area (Å²) in [5, 5.41) is 25.3. The third-order valence-corrected chi connectivity index (χ3v) is 5.42. The van der Waals surface area contributed by atoms with Crippen molar-refractivity contribution in [3.63, 3.8) is 0 Å². The Kier molecular flexibility index (Phi) is 5.05. The van der Waals surface area contributed by atoms with Crippen molar-refractivity contribution < 1.29 is 14.6 Å². The first-order valence-corrected chi connectivity index (χ1v) is 9.45. The second-order valence-corrected chi connectivity index (χ2v) is 8.59. The molecule has 150 valence electrons. The summed E-state index contributed by atoms with van der Waals surface area (Å²) >= 11 is 1.26. The van der Waals surface area contributed by atoms with Crippen LogP contribution in [0.3, 0.4) is 0 Å². The summed E-state index contributed by atoms with van der Waals surface area (Å²) in [5.74, 6) is -0.702. The number of hydrogen-bond donors (Lipinski definition) is 1. The molecule has 1 aromatic heterocycles. The van der Waals surface area contributed by atoms with Crippen LogP contribution in [0.4, 0.5) is 16.5 Å². The topological polar surface area (TPSA) is 128 Å². The number of nitro groups is 2. The van der Waals surface area contributed by atoms with Crippen molar-refractivity contribution in [1.29, 1.82) is 0 Å². The maximum Gasteiger partial charge on any atom is 0.279 e. The maximum absolute atomic E-state index is 12.6. The average Bonchev–Trinajstić information content (AvgIpc) is 3.01. The molecule has 0 fully saturated rings. The van der Waals surface area contributed by atoms with Crippen LogP contribution >= 0.6 is 11.3 Å².